The number of fused-ring (bicyclic) bond motifs is 1. The molecule has 1 aliphatic rings. The van der Waals surface area contributed by atoms with Gasteiger partial charge < -0.3 is 20.5 Å². The summed E-state index contributed by atoms with van der Waals surface area (Å²) in [4.78, 5) is 25.7. The number of ether oxygens (including phenoxy) is 2. The van der Waals surface area contributed by atoms with Crippen molar-refractivity contribution in [2.24, 2.45) is 11.7 Å². The molecule has 160 valence electrons. The Bertz CT molecular complexity index is 964. The van der Waals surface area contributed by atoms with Gasteiger partial charge in [0.1, 0.15) is 5.00 Å². The third-order valence-corrected chi connectivity index (χ3v) is 6.24. The molecular weight excluding hydrogens is 400 g/mol. The lowest BCUT2D eigenvalue weighted by atomic mass is 9.88. The molecule has 0 saturated carbocycles. The summed E-state index contributed by atoms with van der Waals surface area (Å²) in [5.74, 6) is 1.05. The van der Waals surface area contributed by atoms with Gasteiger partial charge in [0.05, 0.1) is 19.3 Å². The van der Waals surface area contributed by atoms with Gasteiger partial charge in [-0.25, -0.2) is 0 Å². The molecule has 3 N–H and O–H groups in total. The number of rotatable bonds is 8. The first-order valence-corrected chi connectivity index (χ1v) is 11.0. The van der Waals surface area contributed by atoms with Gasteiger partial charge in [0.25, 0.3) is 5.91 Å². The molecule has 0 saturated heterocycles. The van der Waals surface area contributed by atoms with Crippen molar-refractivity contribution in [2.75, 3.05) is 19.0 Å². The normalized spacial score (nSPS) is 15.6. The van der Waals surface area contributed by atoms with Crippen LogP contribution in [-0.4, -0.2) is 25.5 Å². The predicted octanol–water partition coefficient (Wildman–Crippen LogP) is 4.42. The molecule has 0 bridgehead atoms. The lowest BCUT2D eigenvalue weighted by molar-refractivity contribution is -0.111. The molecule has 2 aromatic rings. The Labute approximate surface area is 181 Å². The first-order valence-electron chi connectivity index (χ1n) is 10.2. The Morgan fingerprint density at radius 3 is 2.83 bits per heavy atom. The van der Waals surface area contributed by atoms with Crippen molar-refractivity contribution in [1.29, 1.82) is 0 Å². The Morgan fingerprint density at radius 2 is 2.13 bits per heavy atom. The molecule has 0 spiro atoms. The minimum absolute atomic E-state index is 0.311. The predicted molar refractivity (Wildman–Crippen MR) is 120 cm³/mol. The van der Waals surface area contributed by atoms with Crippen LogP contribution in [0.2, 0.25) is 0 Å². The molecule has 1 aromatic heterocycles. The molecule has 3 rings (SSSR count). The van der Waals surface area contributed by atoms with Crippen LogP contribution < -0.4 is 20.5 Å². The summed E-state index contributed by atoms with van der Waals surface area (Å²) in [5, 5.41) is 3.38. The SMILES string of the molecule is CCCOc1ccc(/C=C\C(=O)Nc2sc3c(c2C(N)=O)CC[C@H](C)C3)cc1OC. The van der Waals surface area contributed by atoms with E-state index in [0.717, 1.165) is 41.7 Å². The van der Waals surface area contributed by atoms with Crippen molar-refractivity contribution < 1.29 is 19.1 Å². The number of anilines is 1. The average molecular weight is 429 g/mol. The van der Waals surface area contributed by atoms with Crippen LogP contribution in [0.4, 0.5) is 5.00 Å². The summed E-state index contributed by atoms with van der Waals surface area (Å²) in [6.45, 7) is 4.84. The average Bonchev–Trinajstić information content (AvgIpc) is 3.07. The molecule has 1 aromatic carbocycles. The second kappa shape index (κ2) is 9.80. The van der Waals surface area contributed by atoms with E-state index in [1.807, 2.05) is 25.1 Å². The molecule has 0 fully saturated rings. The molecule has 0 unspecified atom stereocenters. The molecule has 1 atom stereocenters. The lowest BCUT2D eigenvalue weighted by Gasteiger charge is -2.18. The smallest absolute Gasteiger partial charge is 0.251 e. The Morgan fingerprint density at radius 1 is 1.33 bits per heavy atom. The third-order valence-electron chi connectivity index (χ3n) is 5.07. The molecule has 2 amide bonds. The van der Waals surface area contributed by atoms with Crippen molar-refractivity contribution in [3.05, 3.63) is 45.8 Å². The van der Waals surface area contributed by atoms with E-state index in [1.165, 1.54) is 17.4 Å². The number of methoxy groups -OCH3 is 1. The van der Waals surface area contributed by atoms with E-state index in [4.69, 9.17) is 15.2 Å². The summed E-state index contributed by atoms with van der Waals surface area (Å²) in [6.07, 6.45) is 6.80. The minimum Gasteiger partial charge on any atom is -0.493 e. The number of primary amides is 1. The van der Waals surface area contributed by atoms with Crippen molar-refractivity contribution in [2.45, 2.75) is 39.5 Å². The maximum absolute atomic E-state index is 12.5. The van der Waals surface area contributed by atoms with Gasteiger partial charge in [-0.1, -0.05) is 19.9 Å². The van der Waals surface area contributed by atoms with Crippen molar-refractivity contribution in [3.8, 4) is 11.5 Å². The number of nitrogens with two attached hydrogens (primary N) is 1. The van der Waals surface area contributed by atoms with Crippen molar-refractivity contribution in [1.82, 2.24) is 0 Å². The number of carbonyl (C=O) groups excluding carboxylic acids is 2. The number of carbonyl (C=O) groups is 2. The number of nitrogens with one attached hydrogen (secondary N) is 1. The quantitative estimate of drug-likeness (QED) is 0.609. The van der Waals surface area contributed by atoms with Gasteiger partial charge in [-0.05, 0) is 60.9 Å². The summed E-state index contributed by atoms with van der Waals surface area (Å²) >= 11 is 1.46. The molecule has 1 aliphatic carbocycles. The molecule has 30 heavy (non-hydrogen) atoms. The van der Waals surface area contributed by atoms with Gasteiger partial charge in [-0.3, -0.25) is 9.59 Å². The zero-order valence-electron chi connectivity index (χ0n) is 17.6. The van der Waals surface area contributed by atoms with Crippen molar-refractivity contribution in [3.63, 3.8) is 0 Å². The van der Waals surface area contributed by atoms with Crippen LogP contribution in [0.5, 0.6) is 11.5 Å². The number of hydrogen-bond donors (Lipinski definition) is 2. The van der Waals surface area contributed by atoms with Gasteiger partial charge in [-0.15, -0.1) is 11.3 Å². The second-order valence-electron chi connectivity index (χ2n) is 7.50. The van der Waals surface area contributed by atoms with E-state index >= 15 is 0 Å². The number of benzene rings is 1. The van der Waals surface area contributed by atoms with E-state index < -0.39 is 5.91 Å². The zero-order chi connectivity index (χ0) is 21.7. The summed E-state index contributed by atoms with van der Waals surface area (Å²) in [5.41, 5.74) is 7.88. The van der Waals surface area contributed by atoms with E-state index in [0.29, 0.717) is 34.6 Å². The largest absolute Gasteiger partial charge is 0.493 e. The lowest BCUT2D eigenvalue weighted by Crippen LogP contribution is -2.18. The van der Waals surface area contributed by atoms with Crippen LogP contribution in [0.1, 0.15) is 53.1 Å². The fraction of sp³-hybridized carbons (Fsp3) is 0.391. The third kappa shape index (κ3) is 5.02. The number of thiophene rings is 1. The number of amides is 2. The Hall–Kier alpha value is -2.80. The van der Waals surface area contributed by atoms with E-state index in [-0.39, 0.29) is 5.91 Å². The van der Waals surface area contributed by atoms with E-state index in [2.05, 4.69) is 12.2 Å². The van der Waals surface area contributed by atoms with Gasteiger partial charge in [-0.2, -0.15) is 0 Å². The highest BCUT2D eigenvalue weighted by molar-refractivity contribution is 7.17. The number of hydrogen-bond acceptors (Lipinski definition) is 5. The topological polar surface area (TPSA) is 90.6 Å². The van der Waals surface area contributed by atoms with Gasteiger partial charge in [0.15, 0.2) is 11.5 Å². The second-order valence-corrected chi connectivity index (χ2v) is 8.61. The highest BCUT2D eigenvalue weighted by Crippen LogP contribution is 2.39. The first kappa shape index (κ1) is 21.9. The van der Waals surface area contributed by atoms with Crippen molar-refractivity contribution >= 4 is 34.2 Å². The summed E-state index contributed by atoms with van der Waals surface area (Å²) in [6, 6.07) is 5.50. The molecule has 6 nitrogen and oxygen atoms in total. The Balaban J connectivity index is 1.74. The molecule has 0 radical (unpaired) electrons. The fourth-order valence-electron chi connectivity index (χ4n) is 3.54. The van der Waals surface area contributed by atoms with Crippen LogP contribution in [0.25, 0.3) is 6.08 Å². The molecular formula is C23H28N2O4S. The maximum Gasteiger partial charge on any atom is 0.251 e. The van der Waals surface area contributed by atoms with Gasteiger partial charge in [0, 0.05) is 11.0 Å². The first-order chi connectivity index (χ1) is 14.4. The van der Waals surface area contributed by atoms with Gasteiger partial charge in [0.2, 0.25) is 5.91 Å². The van der Waals surface area contributed by atoms with Crippen LogP contribution in [0, 0.1) is 5.92 Å². The maximum atomic E-state index is 12.5. The van der Waals surface area contributed by atoms with Crippen LogP contribution in [-0.2, 0) is 17.6 Å². The molecule has 7 heteroatoms. The standard InChI is InChI=1S/C23H28N2O4S/c1-4-11-29-17-9-6-15(13-18(17)28-3)7-10-20(26)25-23-21(22(24)27)16-8-5-14(2)12-19(16)30-23/h6-7,9-10,13-14H,4-5,8,11-12H2,1-3H3,(H2,24,27)(H,25,26)/b10-7-/t14-/m0/s1. The summed E-state index contributed by atoms with van der Waals surface area (Å²) in [7, 11) is 1.58. The highest BCUT2D eigenvalue weighted by Gasteiger charge is 2.26. The summed E-state index contributed by atoms with van der Waals surface area (Å²) < 4.78 is 11.0. The highest BCUT2D eigenvalue weighted by atomic mass is 32.1. The zero-order valence-corrected chi connectivity index (χ0v) is 18.4. The minimum atomic E-state index is -0.492. The van der Waals surface area contributed by atoms with Crippen LogP contribution in [0.15, 0.2) is 24.3 Å². The fourth-order valence-corrected chi connectivity index (χ4v) is 4.96. The van der Waals surface area contributed by atoms with Crippen LogP contribution >= 0.6 is 11.3 Å². The Kier molecular flexibility index (Phi) is 7.15. The molecule has 0 aliphatic heterocycles. The van der Waals surface area contributed by atoms with E-state index in [9.17, 15) is 9.59 Å². The van der Waals surface area contributed by atoms with Gasteiger partial charge >= 0.3 is 0 Å². The van der Waals surface area contributed by atoms with Crippen LogP contribution in [0.3, 0.4) is 0 Å². The monoisotopic (exact) mass is 428 g/mol. The van der Waals surface area contributed by atoms with E-state index in [1.54, 1.807) is 13.2 Å². The molecule has 1 heterocycles.